The summed E-state index contributed by atoms with van der Waals surface area (Å²) in [4.78, 5) is 26.3. The smallest absolute Gasteiger partial charge is 0.744 e. The van der Waals surface area contributed by atoms with Crippen molar-refractivity contribution in [1.82, 2.24) is 4.90 Å². The van der Waals surface area contributed by atoms with Gasteiger partial charge in [0.25, 0.3) is 11.8 Å². The van der Waals surface area contributed by atoms with Crippen LogP contribution in [-0.4, -0.2) is 46.9 Å². The molecule has 3 aromatic carbocycles. The minimum absolute atomic E-state index is 0. The first-order valence-corrected chi connectivity index (χ1v) is 9.91. The Morgan fingerprint density at radius 1 is 0.933 bits per heavy atom. The minimum Gasteiger partial charge on any atom is -0.744 e. The molecule has 2 N–H and O–H groups in total. The van der Waals surface area contributed by atoms with E-state index in [1.807, 2.05) is 0 Å². The van der Waals surface area contributed by atoms with E-state index >= 15 is 0 Å². The number of rotatable bonds is 4. The number of carbonyl (C=O) groups excluding carboxylic acids is 2. The number of amides is 2. The third-order valence-electron chi connectivity index (χ3n) is 4.81. The van der Waals surface area contributed by atoms with Crippen molar-refractivity contribution in [3.63, 3.8) is 0 Å². The molecule has 2 amide bonds. The summed E-state index contributed by atoms with van der Waals surface area (Å²) in [5.74, 6) is -1.26. The van der Waals surface area contributed by atoms with E-state index in [9.17, 15) is 22.6 Å². The number of hydrogen-bond acceptors (Lipinski definition) is 7. The molecule has 0 aliphatic carbocycles. The number of imide groups is 1. The Kier molecular flexibility index (Phi) is 6.21. The number of hydrogen-bond donors (Lipinski definition) is 2. The molecule has 0 saturated heterocycles. The fourth-order valence-electron chi connectivity index (χ4n) is 3.40. The van der Waals surface area contributed by atoms with Crippen molar-refractivity contribution >= 4 is 45.3 Å². The molecule has 11 heteroatoms. The number of nitrogens with zero attached hydrogens (tertiary/aromatic N) is 1. The quantitative estimate of drug-likeness (QED) is 0.258. The second-order valence-electron chi connectivity index (χ2n) is 6.64. The topological polar surface area (TPSA) is 135 Å². The molecular weight excluding hydrogens is 420 g/mol. The van der Waals surface area contributed by atoms with Gasteiger partial charge >= 0.3 is 36.7 Å². The maximum Gasteiger partial charge on any atom is 1.00 e. The number of benzene rings is 3. The van der Waals surface area contributed by atoms with Crippen LogP contribution in [0.25, 0.3) is 10.8 Å². The average molecular weight is 433 g/mol. The van der Waals surface area contributed by atoms with E-state index in [4.69, 9.17) is 10.0 Å². The first-order chi connectivity index (χ1) is 13.7. The third-order valence-corrected chi connectivity index (χ3v) is 5.62. The van der Waals surface area contributed by atoms with Gasteiger partial charge in [0.2, 0.25) is 0 Å². The van der Waals surface area contributed by atoms with Gasteiger partial charge in [0.1, 0.15) is 10.1 Å². The van der Waals surface area contributed by atoms with Gasteiger partial charge in [0.05, 0.1) is 11.4 Å². The van der Waals surface area contributed by atoms with Gasteiger partial charge in [0.15, 0.2) is 0 Å². The normalized spacial score (nSPS) is 13.4. The summed E-state index contributed by atoms with van der Waals surface area (Å²) in [6.45, 7) is -0.107. The maximum absolute atomic E-state index is 13.0. The summed E-state index contributed by atoms with van der Waals surface area (Å²) in [6.07, 6.45) is 0. The fraction of sp³-hybridized carbons (Fsp3) is 0.0526. The first kappa shape index (κ1) is 22.6. The van der Waals surface area contributed by atoms with Crippen molar-refractivity contribution in [3.05, 3.63) is 71.3 Å². The van der Waals surface area contributed by atoms with E-state index in [1.54, 1.807) is 18.2 Å². The van der Waals surface area contributed by atoms with Gasteiger partial charge in [-0.15, -0.1) is 0 Å². The summed E-state index contributed by atoms with van der Waals surface area (Å²) in [5.41, 5.74) is 1.01. The van der Waals surface area contributed by atoms with Crippen LogP contribution in [0.1, 0.15) is 26.3 Å². The Balaban J connectivity index is 0.00000256. The van der Waals surface area contributed by atoms with Gasteiger partial charge in [-0.05, 0) is 34.6 Å². The summed E-state index contributed by atoms with van der Waals surface area (Å²) in [6, 6.07) is 12.8. The average Bonchev–Trinajstić information content (AvgIpc) is 2.68. The van der Waals surface area contributed by atoms with Crippen molar-refractivity contribution in [2.45, 2.75) is 11.4 Å². The van der Waals surface area contributed by atoms with Crippen LogP contribution >= 0.6 is 0 Å². The summed E-state index contributed by atoms with van der Waals surface area (Å²) < 4.78 is 34.5. The first-order valence-electron chi connectivity index (χ1n) is 8.50. The molecule has 8 nitrogen and oxygen atoms in total. The van der Waals surface area contributed by atoms with Crippen LogP contribution in [0.2, 0.25) is 0 Å². The Labute approximate surface area is 194 Å². The van der Waals surface area contributed by atoms with Gasteiger partial charge < -0.3 is 14.6 Å². The molecule has 0 spiro atoms. The van der Waals surface area contributed by atoms with Crippen molar-refractivity contribution in [3.8, 4) is 0 Å². The monoisotopic (exact) mass is 433 g/mol. The zero-order valence-corrected chi connectivity index (χ0v) is 18.6. The summed E-state index contributed by atoms with van der Waals surface area (Å²) in [5, 5.41) is 19.0. The SMILES string of the molecule is O=C1c2cccc3cc(S(=O)(=O)[O-])cc(c23)C(=O)N1Cc1ccc(B(O)O)cc1.[Na+]. The molecule has 0 unspecified atom stereocenters. The molecule has 0 bridgehead atoms. The van der Waals surface area contributed by atoms with Gasteiger partial charge in [-0.1, -0.05) is 36.4 Å². The predicted molar refractivity (Wildman–Crippen MR) is 102 cm³/mol. The van der Waals surface area contributed by atoms with Crippen LogP contribution in [0, 0.1) is 0 Å². The zero-order valence-electron chi connectivity index (χ0n) is 15.8. The van der Waals surface area contributed by atoms with Crippen molar-refractivity contribution < 1.29 is 62.2 Å². The van der Waals surface area contributed by atoms with Crippen LogP contribution in [0.4, 0.5) is 0 Å². The van der Waals surface area contributed by atoms with E-state index < -0.39 is 33.9 Å². The molecule has 146 valence electrons. The molecular formula is C19H13BNNaO7S. The summed E-state index contributed by atoms with van der Waals surface area (Å²) in [7, 11) is -6.43. The minimum atomic E-state index is -4.79. The zero-order chi connectivity index (χ0) is 20.9. The molecule has 0 atom stereocenters. The van der Waals surface area contributed by atoms with E-state index in [0.717, 1.165) is 17.0 Å². The summed E-state index contributed by atoms with van der Waals surface area (Å²) >= 11 is 0. The Hall–Kier alpha value is -2.05. The number of carbonyl (C=O) groups is 2. The second-order valence-corrected chi connectivity index (χ2v) is 8.02. The molecule has 3 aromatic rings. The molecule has 1 aliphatic rings. The molecule has 4 rings (SSSR count). The van der Waals surface area contributed by atoms with Gasteiger partial charge in [0, 0.05) is 16.5 Å². The van der Waals surface area contributed by atoms with E-state index in [0.29, 0.717) is 16.3 Å². The standard InChI is InChI=1S/C19H14BNO7S.Na/c22-18-15-3-1-2-12-8-14(29(26,27)28)9-16(17(12)15)19(23)21(18)10-11-4-6-13(7-5-11)20(24)25;/h1-9,24-25H,10H2,(H,26,27,28);/q;+1/p-1. The third kappa shape index (κ3) is 3.95. The van der Waals surface area contributed by atoms with E-state index in [-0.39, 0.29) is 52.7 Å². The van der Waals surface area contributed by atoms with Gasteiger partial charge in [-0.25, -0.2) is 8.42 Å². The van der Waals surface area contributed by atoms with Crippen LogP contribution in [0.5, 0.6) is 0 Å². The van der Waals surface area contributed by atoms with Crippen LogP contribution < -0.4 is 35.0 Å². The molecule has 30 heavy (non-hydrogen) atoms. The van der Waals surface area contributed by atoms with Crippen molar-refractivity contribution in [1.29, 1.82) is 0 Å². The predicted octanol–water partition coefficient (Wildman–Crippen LogP) is -2.78. The Bertz CT molecular complexity index is 1280. The molecule has 0 aromatic heterocycles. The van der Waals surface area contributed by atoms with E-state index in [1.165, 1.54) is 24.3 Å². The molecule has 0 saturated carbocycles. The largest absolute Gasteiger partial charge is 1.00 e. The fourth-order valence-corrected chi connectivity index (χ4v) is 3.93. The van der Waals surface area contributed by atoms with Crippen molar-refractivity contribution in [2.24, 2.45) is 0 Å². The molecule has 0 fully saturated rings. The maximum atomic E-state index is 13.0. The van der Waals surface area contributed by atoms with Crippen molar-refractivity contribution in [2.75, 3.05) is 0 Å². The molecule has 0 radical (unpaired) electrons. The van der Waals surface area contributed by atoms with Crippen LogP contribution in [0.15, 0.2) is 59.5 Å². The Morgan fingerprint density at radius 2 is 1.57 bits per heavy atom. The Morgan fingerprint density at radius 3 is 2.17 bits per heavy atom. The van der Waals surface area contributed by atoms with Gasteiger partial charge in [-0.2, -0.15) is 0 Å². The molecule has 1 aliphatic heterocycles. The molecule has 1 heterocycles. The second kappa shape index (κ2) is 8.24. The van der Waals surface area contributed by atoms with Gasteiger partial charge in [-0.3, -0.25) is 14.5 Å². The van der Waals surface area contributed by atoms with Crippen LogP contribution in [0.3, 0.4) is 0 Å². The van der Waals surface area contributed by atoms with Crippen LogP contribution in [-0.2, 0) is 16.7 Å². The van der Waals surface area contributed by atoms with E-state index in [2.05, 4.69) is 0 Å².